The van der Waals surface area contributed by atoms with E-state index in [0.717, 1.165) is 36.2 Å². The van der Waals surface area contributed by atoms with Crippen LogP contribution in [0.15, 0.2) is 60.1 Å². The zero-order valence-corrected chi connectivity index (χ0v) is 21.7. The molecule has 9 nitrogen and oxygen atoms in total. The fourth-order valence-electron chi connectivity index (χ4n) is 3.64. The number of alkyl halides is 6. The van der Waals surface area contributed by atoms with Crippen LogP contribution in [-0.2, 0) is 12.4 Å². The van der Waals surface area contributed by atoms with Gasteiger partial charge in [-0.05, 0) is 54.5 Å². The first-order valence-electron chi connectivity index (χ1n) is 11.8. The number of allylic oxidation sites excluding steroid dienone is 3. The van der Waals surface area contributed by atoms with E-state index in [1.54, 1.807) is 0 Å². The molecule has 0 bridgehead atoms. The van der Waals surface area contributed by atoms with Crippen LogP contribution in [0.1, 0.15) is 11.1 Å². The number of anilines is 2. The molecule has 42 heavy (non-hydrogen) atoms. The van der Waals surface area contributed by atoms with Crippen LogP contribution < -0.4 is 31.7 Å². The van der Waals surface area contributed by atoms with Gasteiger partial charge in [0.05, 0.1) is 29.3 Å². The average molecular weight is 600 g/mol. The molecule has 1 heterocycles. The van der Waals surface area contributed by atoms with Gasteiger partial charge in [0.2, 0.25) is 0 Å². The summed E-state index contributed by atoms with van der Waals surface area (Å²) in [5.74, 6) is 3.01. The fourth-order valence-corrected chi connectivity index (χ4v) is 3.64. The largest absolute Gasteiger partial charge is 0.420 e. The van der Waals surface area contributed by atoms with Crippen LogP contribution in [0.2, 0.25) is 0 Å². The van der Waals surface area contributed by atoms with E-state index < -0.39 is 52.9 Å². The van der Waals surface area contributed by atoms with Gasteiger partial charge in [-0.15, -0.1) is 0 Å². The van der Waals surface area contributed by atoms with Crippen LogP contribution in [-0.4, -0.2) is 43.7 Å². The van der Waals surface area contributed by atoms with E-state index in [1.807, 2.05) is 0 Å². The van der Waals surface area contributed by atoms with E-state index in [-0.39, 0.29) is 49.0 Å². The lowest BCUT2D eigenvalue weighted by atomic mass is 10.1. The van der Waals surface area contributed by atoms with Crippen LogP contribution in [0, 0.1) is 17.7 Å². The number of carbonyl (C=O) groups excluding carboxylic acids is 2. The third-order valence-corrected chi connectivity index (χ3v) is 5.72. The summed E-state index contributed by atoms with van der Waals surface area (Å²) in [5, 5.41) is 0. The van der Waals surface area contributed by atoms with Crippen LogP contribution in [0.5, 0.6) is 5.75 Å². The van der Waals surface area contributed by atoms with E-state index in [4.69, 9.17) is 21.9 Å². The lowest BCUT2D eigenvalue weighted by molar-refractivity contribution is -0.143. The van der Waals surface area contributed by atoms with E-state index in [2.05, 4.69) is 11.8 Å². The molecule has 0 aromatic heterocycles. The summed E-state index contributed by atoms with van der Waals surface area (Å²) in [6, 6.07) is 3.26. The first-order valence-corrected chi connectivity index (χ1v) is 11.8. The molecule has 16 heteroatoms. The summed E-state index contributed by atoms with van der Waals surface area (Å²) in [7, 11) is 1.09. The number of urea groups is 1. The first kappa shape index (κ1) is 31.5. The maximum absolute atomic E-state index is 14.0. The fraction of sp³-hybridized carbons (Fsp3) is 0.231. The minimum absolute atomic E-state index is 0.00313. The second-order valence-electron chi connectivity index (χ2n) is 8.72. The summed E-state index contributed by atoms with van der Waals surface area (Å²) < 4.78 is 101. The van der Waals surface area contributed by atoms with Gasteiger partial charge in [0, 0.05) is 25.8 Å². The van der Waals surface area contributed by atoms with Gasteiger partial charge in [-0.25, -0.2) is 14.0 Å². The number of carbonyl (C=O) groups is 2. The second-order valence-corrected chi connectivity index (χ2v) is 8.72. The van der Waals surface area contributed by atoms with Gasteiger partial charge < -0.3 is 26.8 Å². The third-order valence-electron chi connectivity index (χ3n) is 5.72. The molecule has 1 saturated heterocycles. The van der Waals surface area contributed by atoms with Gasteiger partial charge >= 0.3 is 24.5 Å². The van der Waals surface area contributed by atoms with Crippen molar-refractivity contribution in [2.45, 2.75) is 12.4 Å². The minimum atomic E-state index is -5.43. The molecular formula is C26H23F7N6O3. The number of hydrogen-bond donors (Lipinski definition) is 3. The maximum Gasteiger partial charge on any atom is 0.420 e. The van der Waals surface area contributed by atoms with Crippen molar-refractivity contribution in [1.82, 2.24) is 4.90 Å². The molecule has 6 N–H and O–H groups in total. The number of halogens is 7. The second kappa shape index (κ2) is 12.2. The Kier molecular flexibility index (Phi) is 9.14. The maximum atomic E-state index is 14.0. The Morgan fingerprint density at radius 1 is 1.02 bits per heavy atom. The molecule has 2 aromatic carbocycles. The normalized spacial score (nSPS) is 13.9. The molecule has 3 amide bonds. The summed E-state index contributed by atoms with van der Waals surface area (Å²) in [6.07, 6.45) is -9.59. The number of nitrogens with two attached hydrogens (primary N) is 3. The quantitative estimate of drug-likeness (QED) is 0.266. The van der Waals surface area contributed by atoms with Crippen molar-refractivity contribution in [3.63, 3.8) is 0 Å². The van der Waals surface area contributed by atoms with Crippen molar-refractivity contribution in [3.8, 4) is 17.6 Å². The van der Waals surface area contributed by atoms with Gasteiger partial charge in [-0.3, -0.25) is 9.80 Å². The summed E-state index contributed by atoms with van der Waals surface area (Å²) >= 11 is 0. The van der Waals surface area contributed by atoms with Crippen LogP contribution in [0.3, 0.4) is 0 Å². The van der Waals surface area contributed by atoms with E-state index in [0.29, 0.717) is 9.80 Å². The number of rotatable bonds is 5. The van der Waals surface area contributed by atoms with Crippen molar-refractivity contribution >= 4 is 23.5 Å². The molecule has 0 unspecified atom stereocenters. The Bertz CT molecular complexity index is 1470. The van der Waals surface area contributed by atoms with Crippen LogP contribution in [0.25, 0.3) is 0 Å². The van der Waals surface area contributed by atoms with Crippen molar-refractivity contribution in [2.75, 3.05) is 36.5 Å². The highest BCUT2D eigenvalue weighted by Crippen LogP contribution is 2.47. The molecule has 2 aromatic rings. The van der Waals surface area contributed by atoms with Gasteiger partial charge in [0.25, 0.3) is 0 Å². The first-order chi connectivity index (χ1) is 19.5. The highest BCUT2D eigenvalue weighted by atomic mass is 19.4. The van der Waals surface area contributed by atoms with Crippen molar-refractivity contribution in [2.24, 2.45) is 17.2 Å². The van der Waals surface area contributed by atoms with Crippen molar-refractivity contribution < 1.29 is 45.1 Å². The lowest BCUT2D eigenvalue weighted by Gasteiger charge is -2.25. The van der Waals surface area contributed by atoms with Gasteiger partial charge in [-0.1, -0.05) is 5.92 Å². The molecular weight excluding hydrogens is 577 g/mol. The highest BCUT2D eigenvalue weighted by Gasteiger charge is 2.44. The summed E-state index contributed by atoms with van der Waals surface area (Å²) in [4.78, 5) is 28.3. The summed E-state index contributed by atoms with van der Waals surface area (Å²) in [6.45, 7) is -0.804. The number of nitrogens with zero attached hydrogens (tertiary/aromatic N) is 3. The van der Waals surface area contributed by atoms with Gasteiger partial charge in [0.15, 0.2) is 5.75 Å². The molecule has 0 spiro atoms. The minimum Gasteiger partial charge on any atom is -0.407 e. The molecule has 0 aliphatic carbocycles. The molecule has 1 fully saturated rings. The molecule has 0 radical (unpaired) electrons. The molecule has 1 aliphatic rings. The number of hydrogen-bond acceptors (Lipinski definition) is 6. The highest BCUT2D eigenvalue weighted by molar-refractivity contribution is 5.98. The Morgan fingerprint density at radius 2 is 1.67 bits per heavy atom. The average Bonchev–Trinajstić information content (AvgIpc) is 3.26. The number of benzene rings is 2. The smallest absolute Gasteiger partial charge is 0.407 e. The Hall–Kier alpha value is -5.07. The van der Waals surface area contributed by atoms with E-state index in [1.165, 1.54) is 12.2 Å². The van der Waals surface area contributed by atoms with Gasteiger partial charge in [0.1, 0.15) is 11.4 Å². The van der Waals surface area contributed by atoms with Gasteiger partial charge in [-0.2, -0.15) is 26.3 Å². The van der Waals surface area contributed by atoms with Crippen molar-refractivity contribution in [1.29, 1.82) is 0 Å². The Balaban J connectivity index is 2.03. The summed E-state index contributed by atoms with van der Waals surface area (Å²) in [5.41, 5.74) is 11.6. The number of amides is 3. The standard InChI is InChI=1S/C26H23F7N6O3/c1-37(18-7-4-16(27)5-8-18)24(41)42-22-19(26(31,32)33)13-15(25(28,29)30)14-20(22)39-12-11-38(23(39)40)10-2-3-17(34)6-9-21(35)36/h4-9,13-14H,10-12,34-36H2,1H3/b17-6-. The SMILES string of the molecule is CN(C(=O)Oc1c(N2CCN(CC#C/C(N)=C/C=C(N)N)C2=O)cc(C(F)(F)F)cc1C(F)(F)F)c1ccc(F)cc1. The van der Waals surface area contributed by atoms with Crippen molar-refractivity contribution in [3.05, 3.63) is 77.0 Å². The monoisotopic (exact) mass is 600 g/mol. The zero-order chi connectivity index (χ0) is 31.4. The molecule has 224 valence electrons. The van der Waals surface area contributed by atoms with E-state index in [9.17, 15) is 40.3 Å². The third kappa shape index (κ3) is 7.56. The van der Waals surface area contributed by atoms with Crippen LogP contribution in [0.4, 0.5) is 51.7 Å². The number of ether oxygens (including phenoxy) is 1. The zero-order valence-electron chi connectivity index (χ0n) is 21.7. The molecule has 0 saturated carbocycles. The van der Waals surface area contributed by atoms with Crippen LogP contribution >= 0.6 is 0 Å². The molecule has 0 atom stereocenters. The molecule has 1 aliphatic heterocycles. The topological polar surface area (TPSA) is 131 Å². The Morgan fingerprint density at radius 3 is 2.24 bits per heavy atom. The Labute approximate surface area is 234 Å². The predicted molar refractivity (Wildman–Crippen MR) is 138 cm³/mol. The predicted octanol–water partition coefficient (Wildman–Crippen LogP) is 4.35. The van der Waals surface area contributed by atoms with E-state index >= 15 is 0 Å². The molecule has 3 rings (SSSR count). The lowest BCUT2D eigenvalue weighted by Crippen LogP contribution is -2.34.